The van der Waals surface area contributed by atoms with Crippen LogP contribution in [0.15, 0.2) is 66.7 Å². The van der Waals surface area contributed by atoms with Gasteiger partial charge in [0.15, 0.2) is 0 Å². The second-order valence-corrected chi connectivity index (χ2v) is 4.97. The number of rotatable bonds is 3. The average molecular weight is 263 g/mol. The Morgan fingerprint density at radius 1 is 0.800 bits per heavy atom. The molecular weight excluding hydrogens is 246 g/mol. The maximum Gasteiger partial charge on any atom is 0.128 e. The molecule has 0 fully saturated rings. The lowest BCUT2D eigenvalue weighted by Gasteiger charge is -2.09. The Kier molecular flexibility index (Phi) is 3.40. The third-order valence-corrected chi connectivity index (χ3v) is 3.36. The van der Waals surface area contributed by atoms with E-state index < -0.39 is 0 Å². The van der Waals surface area contributed by atoms with Crippen molar-refractivity contribution in [2.45, 2.75) is 13.0 Å². The summed E-state index contributed by atoms with van der Waals surface area (Å²) in [5, 5.41) is 2.39. The molecule has 2 nitrogen and oxygen atoms in total. The van der Waals surface area contributed by atoms with Crippen molar-refractivity contribution in [3.8, 4) is 11.5 Å². The summed E-state index contributed by atoms with van der Waals surface area (Å²) in [7, 11) is 0. The fraction of sp³-hybridized carbons (Fsp3) is 0.111. The zero-order valence-electron chi connectivity index (χ0n) is 11.4. The van der Waals surface area contributed by atoms with Crippen LogP contribution in [0.2, 0.25) is 0 Å². The van der Waals surface area contributed by atoms with Crippen LogP contribution in [-0.2, 0) is 0 Å². The highest BCUT2D eigenvalue weighted by Gasteiger charge is 2.02. The first-order valence-corrected chi connectivity index (χ1v) is 6.74. The topological polar surface area (TPSA) is 35.2 Å². The molecule has 0 saturated carbocycles. The van der Waals surface area contributed by atoms with E-state index in [0.717, 1.165) is 17.1 Å². The van der Waals surface area contributed by atoms with Crippen LogP contribution in [0, 0.1) is 0 Å². The van der Waals surface area contributed by atoms with Crippen molar-refractivity contribution < 1.29 is 4.74 Å². The number of hydrogen-bond donors (Lipinski definition) is 1. The van der Waals surface area contributed by atoms with Gasteiger partial charge in [-0.25, -0.2) is 0 Å². The highest BCUT2D eigenvalue weighted by atomic mass is 16.5. The van der Waals surface area contributed by atoms with Gasteiger partial charge in [-0.05, 0) is 47.5 Å². The van der Waals surface area contributed by atoms with Crippen LogP contribution in [0.5, 0.6) is 11.5 Å². The molecule has 0 aromatic heterocycles. The predicted molar refractivity (Wildman–Crippen MR) is 83.1 cm³/mol. The van der Waals surface area contributed by atoms with E-state index in [1.807, 2.05) is 49.4 Å². The van der Waals surface area contributed by atoms with Gasteiger partial charge in [-0.2, -0.15) is 0 Å². The van der Waals surface area contributed by atoms with Crippen molar-refractivity contribution in [3.63, 3.8) is 0 Å². The van der Waals surface area contributed by atoms with Crippen molar-refractivity contribution in [1.29, 1.82) is 0 Å². The number of ether oxygens (including phenoxy) is 1. The van der Waals surface area contributed by atoms with Crippen molar-refractivity contribution >= 4 is 10.8 Å². The molecule has 2 heteroatoms. The SMILES string of the molecule is CC(N)c1ccc(Oc2ccc3ccccc3c2)cc1. The normalized spacial score (nSPS) is 12.3. The van der Waals surface area contributed by atoms with Gasteiger partial charge >= 0.3 is 0 Å². The summed E-state index contributed by atoms with van der Waals surface area (Å²) < 4.78 is 5.88. The van der Waals surface area contributed by atoms with Crippen molar-refractivity contribution in [2.24, 2.45) is 5.73 Å². The number of hydrogen-bond acceptors (Lipinski definition) is 2. The van der Waals surface area contributed by atoms with E-state index in [1.54, 1.807) is 0 Å². The molecule has 0 saturated heterocycles. The van der Waals surface area contributed by atoms with Gasteiger partial charge in [0.05, 0.1) is 0 Å². The molecule has 100 valence electrons. The van der Waals surface area contributed by atoms with Crippen molar-refractivity contribution in [2.75, 3.05) is 0 Å². The quantitative estimate of drug-likeness (QED) is 0.746. The van der Waals surface area contributed by atoms with Gasteiger partial charge < -0.3 is 10.5 Å². The average Bonchev–Trinajstić information content (AvgIpc) is 2.48. The summed E-state index contributed by atoms with van der Waals surface area (Å²) >= 11 is 0. The van der Waals surface area contributed by atoms with Gasteiger partial charge in [0.1, 0.15) is 11.5 Å². The number of fused-ring (bicyclic) bond motifs is 1. The Labute approximate surface area is 118 Å². The monoisotopic (exact) mass is 263 g/mol. The molecule has 0 bridgehead atoms. The lowest BCUT2D eigenvalue weighted by Crippen LogP contribution is -2.04. The predicted octanol–water partition coefficient (Wildman–Crippen LogP) is 4.65. The van der Waals surface area contributed by atoms with Crippen LogP contribution in [0.1, 0.15) is 18.5 Å². The molecule has 3 rings (SSSR count). The fourth-order valence-electron chi connectivity index (χ4n) is 2.21. The van der Waals surface area contributed by atoms with Crippen LogP contribution in [-0.4, -0.2) is 0 Å². The van der Waals surface area contributed by atoms with Gasteiger partial charge in [0.25, 0.3) is 0 Å². The summed E-state index contributed by atoms with van der Waals surface area (Å²) in [6, 6.07) is 22.3. The second-order valence-electron chi connectivity index (χ2n) is 4.97. The van der Waals surface area contributed by atoms with E-state index in [1.165, 1.54) is 10.8 Å². The van der Waals surface area contributed by atoms with Crippen molar-refractivity contribution in [3.05, 3.63) is 72.3 Å². The van der Waals surface area contributed by atoms with E-state index in [4.69, 9.17) is 10.5 Å². The minimum atomic E-state index is 0.0460. The first-order valence-electron chi connectivity index (χ1n) is 6.74. The summed E-state index contributed by atoms with van der Waals surface area (Å²) in [5.74, 6) is 1.67. The molecule has 0 heterocycles. The lowest BCUT2D eigenvalue weighted by atomic mass is 10.1. The van der Waals surface area contributed by atoms with Gasteiger partial charge in [-0.1, -0.05) is 42.5 Å². The minimum absolute atomic E-state index is 0.0460. The molecule has 3 aromatic rings. The van der Waals surface area contributed by atoms with Crippen LogP contribution in [0.25, 0.3) is 10.8 Å². The molecule has 0 aliphatic rings. The highest BCUT2D eigenvalue weighted by molar-refractivity contribution is 5.83. The van der Waals surface area contributed by atoms with Crippen LogP contribution in [0.4, 0.5) is 0 Å². The third-order valence-electron chi connectivity index (χ3n) is 3.36. The summed E-state index contributed by atoms with van der Waals surface area (Å²) in [6.45, 7) is 1.97. The first-order chi connectivity index (χ1) is 9.72. The Hall–Kier alpha value is -2.32. The molecule has 0 spiro atoms. The van der Waals surface area contributed by atoms with E-state index in [2.05, 4.69) is 24.3 Å². The largest absolute Gasteiger partial charge is 0.457 e. The summed E-state index contributed by atoms with van der Waals surface area (Å²) in [6.07, 6.45) is 0. The van der Waals surface area contributed by atoms with Gasteiger partial charge in [-0.3, -0.25) is 0 Å². The van der Waals surface area contributed by atoms with Gasteiger partial charge in [-0.15, -0.1) is 0 Å². The molecule has 0 radical (unpaired) electrons. The van der Waals surface area contributed by atoms with Gasteiger partial charge in [0, 0.05) is 6.04 Å². The van der Waals surface area contributed by atoms with Crippen LogP contribution >= 0.6 is 0 Å². The smallest absolute Gasteiger partial charge is 0.128 e. The minimum Gasteiger partial charge on any atom is -0.457 e. The maximum atomic E-state index is 5.88. The van der Waals surface area contributed by atoms with Crippen molar-refractivity contribution in [1.82, 2.24) is 0 Å². The molecule has 1 atom stereocenters. The Morgan fingerprint density at radius 2 is 1.45 bits per heavy atom. The Bertz CT molecular complexity index is 717. The zero-order valence-corrected chi connectivity index (χ0v) is 11.4. The molecule has 2 N–H and O–H groups in total. The lowest BCUT2D eigenvalue weighted by molar-refractivity contribution is 0.483. The van der Waals surface area contributed by atoms with E-state index in [-0.39, 0.29) is 6.04 Å². The first kappa shape index (κ1) is 12.7. The molecule has 1 unspecified atom stereocenters. The van der Waals surface area contributed by atoms with Crippen LogP contribution in [0.3, 0.4) is 0 Å². The Morgan fingerprint density at radius 3 is 2.15 bits per heavy atom. The number of benzene rings is 3. The highest BCUT2D eigenvalue weighted by Crippen LogP contribution is 2.26. The molecule has 0 aliphatic carbocycles. The summed E-state index contributed by atoms with van der Waals surface area (Å²) in [4.78, 5) is 0. The van der Waals surface area contributed by atoms with E-state index in [0.29, 0.717) is 0 Å². The molecular formula is C18H17NO. The van der Waals surface area contributed by atoms with Gasteiger partial charge in [0.2, 0.25) is 0 Å². The Balaban J connectivity index is 1.85. The van der Waals surface area contributed by atoms with E-state index >= 15 is 0 Å². The molecule has 0 amide bonds. The second kappa shape index (κ2) is 5.35. The third kappa shape index (κ3) is 2.65. The molecule has 3 aromatic carbocycles. The standard InChI is InChI=1S/C18H17NO/c1-13(19)14-6-9-17(10-7-14)20-18-11-8-15-4-2-3-5-16(15)12-18/h2-13H,19H2,1H3. The van der Waals surface area contributed by atoms with E-state index in [9.17, 15) is 0 Å². The number of nitrogens with two attached hydrogens (primary N) is 1. The van der Waals surface area contributed by atoms with Crippen LogP contribution < -0.4 is 10.5 Å². The maximum absolute atomic E-state index is 5.88. The fourth-order valence-corrected chi connectivity index (χ4v) is 2.21. The molecule has 20 heavy (non-hydrogen) atoms. The zero-order chi connectivity index (χ0) is 13.9. The molecule has 0 aliphatic heterocycles. The summed E-state index contributed by atoms with van der Waals surface area (Å²) in [5.41, 5.74) is 6.95.